The van der Waals surface area contributed by atoms with Gasteiger partial charge in [0, 0.05) is 28.2 Å². The van der Waals surface area contributed by atoms with E-state index in [1.807, 2.05) is 84.9 Å². The topological polar surface area (TPSA) is 43.4 Å². The summed E-state index contributed by atoms with van der Waals surface area (Å²) in [6, 6.07) is 26.5. The molecule has 3 nitrogen and oxygen atoms in total. The Hall–Kier alpha value is -2.08. The lowest BCUT2D eigenvalue weighted by atomic mass is 10.3. The van der Waals surface area contributed by atoms with Gasteiger partial charge in [0.1, 0.15) is 5.75 Å². The quantitative estimate of drug-likeness (QED) is 0.307. The number of rotatable bonds is 11. The van der Waals surface area contributed by atoms with Crippen molar-refractivity contribution in [3.63, 3.8) is 0 Å². The second-order valence-electron chi connectivity index (χ2n) is 7.84. The van der Waals surface area contributed by atoms with Crippen LogP contribution in [0.5, 0.6) is 5.75 Å². The predicted molar refractivity (Wildman–Crippen MR) is 134 cm³/mol. The van der Waals surface area contributed by atoms with E-state index < -0.39 is 14.5 Å². The zero-order chi connectivity index (χ0) is 22.2. The largest absolute Gasteiger partial charge is 0.443 e. The maximum atomic E-state index is 14.6. The first-order valence-corrected chi connectivity index (χ1v) is 14.8. The summed E-state index contributed by atoms with van der Waals surface area (Å²) in [5.41, 5.74) is 0. The first kappa shape index (κ1) is 23.6. The minimum atomic E-state index is -3.08. The van der Waals surface area contributed by atoms with Crippen LogP contribution in [0.4, 0.5) is 0 Å². The standard InChI is InChI=1S/C26H32O3P2/c1-3-5-20-30(27,21-6-4-2)29-23-14-13-19-26(22-23)31(28,24-15-9-7-10-16-24)25-17-11-8-12-18-25/h7-19,22H,3-6,20-21H2,1-2H3. The van der Waals surface area contributed by atoms with Crippen molar-refractivity contribution in [2.45, 2.75) is 39.5 Å². The number of unbranched alkanes of at least 4 members (excludes halogenated alkanes) is 2. The highest BCUT2D eigenvalue weighted by Crippen LogP contribution is 2.49. The summed E-state index contributed by atoms with van der Waals surface area (Å²) in [4.78, 5) is 0. The van der Waals surface area contributed by atoms with Gasteiger partial charge in [0.05, 0.1) is 0 Å². The monoisotopic (exact) mass is 454 g/mol. The summed E-state index contributed by atoms with van der Waals surface area (Å²) in [5.74, 6) is 0.542. The Labute approximate surface area is 186 Å². The van der Waals surface area contributed by atoms with E-state index in [2.05, 4.69) is 13.8 Å². The third-order valence-electron chi connectivity index (χ3n) is 5.40. The van der Waals surface area contributed by atoms with Gasteiger partial charge in [0.2, 0.25) is 7.37 Å². The van der Waals surface area contributed by atoms with Crippen LogP contribution in [0.15, 0.2) is 84.9 Å². The molecule has 0 aromatic heterocycles. The minimum absolute atomic E-state index is 0.542. The summed E-state index contributed by atoms with van der Waals surface area (Å²) in [6.07, 6.45) is 4.90. The Morgan fingerprint density at radius 1 is 0.645 bits per heavy atom. The first-order chi connectivity index (χ1) is 15.0. The van der Waals surface area contributed by atoms with E-state index >= 15 is 0 Å². The Bertz CT molecular complexity index is 993. The van der Waals surface area contributed by atoms with Crippen molar-refractivity contribution in [3.8, 4) is 5.75 Å². The van der Waals surface area contributed by atoms with Gasteiger partial charge in [-0.25, -0.2) is 0 Å². The highest BCUT2D eigenvalue weighted by Gasteiger charge is 2.30. The van der Waals surface area contributed by atoms with Gasteiger partial charge in [0.15, 0.2) is 7.14 Å². The zero-order valence-corrected chi connectivity index (χ0v) is 20.2. The van der Waals surface area contributed by atoms with Crippen molar-refractivity contribution >= 4 is 30.4 Å². The lowest BCUT2D eigenvalue weighted by molar-refractivity contribution is 0.476. The van der Waals surface area contributed by atoms with E-state index in [9.17, 15) is 9.13 Å². The van der Waals surface area contributed by atoms with Crippen LogP contribution in [0.2, 0.25) is 0 Å². The molecule has 5 heteroatoms. The van der Waals surface area contributed by atoms with Crippen LogP contribution in [0.25, 0.3) is 0 Å². The van der Waals surface area contributed by atoms with E-state index in [1.54, 1.807) is 0 Å². The molecule has 3 aromatic rings. The van der Waals surface area contributed by atoms with Crippen LogP contribution in [0, 0.1) is 0 Å². The fourth-order valence-corrected chi connectivity index (χ4v) is 8.84. The maximum Gasteiger partial charge on any atom is 0.247 e. The van der Waals surface area contributed by atoms with Crippen molar-refractivity contribution < 1.29 is 13.7 Å². The molecular formula is C26H32O3P2. The van der Waals surface area contributed by atoms with Gasteiger partial charge < -0.3 is 9.09 Å². The summed E-state index contributed by atoms with van der Waals surface area (Å²) >= 11 is 0. The fraction of sp³-hybridized carbons (Fsp3) is 0.308. The van der Waals surface area contributed by atoms with Gasteiger partial charge in [-0.1, -0.05) is 99.5 Å². The minimum Gasteiger partial charge on any atom is -0.443 e. The van der Waals surface area contributed by atoms with Gasteiger partial charge in [-0.2, -0.15) is 0 Å². The summed E-state index contributed by atoms with van der Waals surface area (Å²) < 4.78 is 34.2. The molecule has 0 N–H and O–H groups in total. The van der Waals surface area contributed by atoms with Gasteiger partial charge >= 0.3 is 0 Å². The van der Waals surface area contributed by atoms with E-state index in [-0.39, 0.29) is 0 Å². The number of hydrogen-bond acceptors (Lipinski definition) is 3. The van der Waals surface area contributed by atoms with Crippen molar-refractivity contribution in [2.75, 3.05) is 12.3 Å². The Morgan fingerprint density at radius 2 is 1.13 bits per heavy atom. The fourth-order valence-electron chi connectivity index (χ4n) is 3.65. The Morgan fingerprint density at radius 3 is 1.61 bits per heavy atom. The molecule has 3 aromatic carbocycles. The van der Waals surface area contributed by atoms with E-state index in [4.69, 9.17) is 4.52 Å². The highest BCUT2D eigenvalue weighted by atomic mass is 31.2. The Balaban J connectivity index is 2.03. The second kappa shape index (κ2) is 11.0. The molecule has 0 unspecified atom stereocenters. The third kappa shape index (κ3) is 5.79. The van der Waals surface area contributed by atoms with Crippen LogP contribution < -0.4 is 20.4 Å². The molecule has 0 aliphatic rings. The molecule has 0 fully saturated rings. The molecule has 0 amide bonds. The smallest absolute Gasteiger partial charge is 0.247 e. The van der Waals surface area contributed by atoms with Crippen molar-refractivity contribution in [3.05, 3.63) is 84.9 Å². The molecule has 3 rings (SSSR count). The summed E-state index contributed by atoms with van der Waals surface area (Å²) in [5, 5.41) is 2.25. The summed E-state index contributed by atoms with van der Waals surface area (Å²) in [7, 11) is -5.86. The van der Waals surface area contributed by atoms with Crippen LogP contribution in [-0.4, -0.2) is 12.3 Å². The molecule has 0 bridgehead atoms. The zero-order valence-electron chi connectivity index (χ0n) is 18.4. The molecule has 0 atom stereocenters. The van der Waals surface area contributed by atoms with Gasteiger partial charge in [-0.15, -0.1) is 0 Å². The van der Waals surface area contributed by atoms with Crippen LogP contribution in [0.1, 0.15) is 39.5 Å². The molecule has 31 heavy (non-hydrogen) atoms. The average Bonchev–Trinajstić information content (AvgIpc) is 2.82. The average molecular weight is 454 g/mol. The van der Waals surface area contributed by atoms with Crippen molar-refractivity contribution in [1.29, 1.82) is 0 Å². The lowest BCUT2D eigenvalue weighted by Gasteiger charge is -2.23. The normalized spacial score (nSPS) is 11.9. The SMILES string of the molecule is CCCCP(=O)(CCCC)Oc1cccc(P(=O)(c2ccccc2)c2ccccc2)c1. The molecule has 0 saturated carbocycles. The highest BCUT2D eigenvalue weighted by molar-refractivity contribution is 7.85. The summed E-state index contributed by atoms with van der Waals surface area (Å²) in [6.45, 7) is 4.20. The number of benzene rings is 3. The molecule has 0 aliphatic heterocycles. The van der Waals surface area contributed by atoms with Crippen LogP contribution in [-0.2, 0) is 9.13 Å². The second-order valence-corrected chi connectivity index (χ2v) is 13.3. The molecule has 0 spiro atoms. The predicted octanol–water partition coefficient (Wildman–Crippen LogP) is 6.58. The van der Waals surface area contributed by atoms with Gasteiger partial charge in [-0.05, 0) is 25.0 Å². The molecule has 0 heterocycles. The van der Waals surface area contributed by atoms with Crippen molar-refractivity contribution in [2.24, 2.45) is 0 Å². The first-order valence-electron chi connectivity index (χ1n) is 11.1. The lowest BCUT2D eigenvalue weighted by Crippen LogP contribution is -2.25. The van der Waals surface area contributed by atoms with Gasteiger partial charge in [0.25, 0.3) is 0 Å². The van der Waals surface area contributed by atoms with E-state index in [0.717, 1.165) is 36.3 Å². The molecular weight excluding hydrogens is 422 g/mol. The third-order valence-corrected chi connectivity index (χ3v) is 11.0. The number of hydrogen-bond donors (Lipinski definition) is 0. The van der Waals surface area contributed by atoms with E-state index in [1.165, 1.54) is 0 Å². The molecule has 0 saturated heterocycles. The van der Waals surface area contributed by atoms with Crippen LogP contribution in [0.3, 0.4) is 0 Å². The maximum absolute atomic E-state index is 14.6. The van der Waals surface area contributed by atoms with Crippen LogP contribution >= 0.6 is 14.5 Å². The van der Waals surface area contributed by atoms with E-state index in [0.29, 0.717) is 23.4 Å². The molecule has 164 valence electrons. The van der Waals surface area contributed by atoms with Gasteiger partial charge in [-0.3, -0.25) is 4.57 Å². The Kier molecular flexibility index (Phi) is 8.35. The molecule has 0 radical (unpaired) electrons. The molecule has 0 aliphatic carbocycles. The van der Waals surface area contributed by atoms with Crippen molar-refractivity contribution in [1.82, 2.24) is 0 Å².